The van der Waals surface area contributed by atoms with E-state index >= 15 is 0 Å². The molecule has 6 nitrogen and oxygen atoms in total. The van der Waals surface area contributed by atoms with Crippen LogP contribution < -0.4 is 10.5 Å². The van der Waals surface area contributed by atoms with Gasteiger partial charge in [-0.2, -0.15) is 0 Å². The average Bonchev–Trinajstić information content (AvgIpc) is 3.08. The molecule has 3 aromatic rings. The Morgan fingerprint density at radius 2 is 1.69 bits per heavy atom. The summed E-state index contributed by atoms with van der Waals surface area (Å²) in [4.78, 5) is 29.5. The number of hydrogen-bond donors (Lipinski definition) is 1. The lowest BCUT2D eigenvalue weighted by Gasteiger charge is -2.41. The highest BCUT2D eigenvalue weighted by molar-refractivity contribution is 9.10. The summed E-state index contributed by atoms with van der Waals surface area (Å²) in [5.74, 6) is 0.157. The molecule has 168 valence electrons. The summed E-state index contributed by atoms with van der Waals surface area (Å²) in [5.41, 5.74) is 2.91. The van der Waals surface area contributed by atoms with E-state index in [1.54, 1.807) is 0 Å². The number of aromatic amines is 1. The van der Waals surface area contributed by atoms with Gasteiger partial charge in [-0.3, -0.25) is 24.3 Å². The van der Waals surface area contributed by atoms with Gasteiger partial charge >= 0.3 is 0 Å². The molecule has 2 aromatic carbocycles. The normalized spacial score (nSPS) is 16.1. The predicted molar refractivity (Wildman–Crippen MR) is 131 cm³/mol. The van der Waals surface area contributed by atoms with E-state index in [0.29, 0.717) is 10.9 Å². The molecular weight excluding hydrogens is 468 g/mol. The van der Waals surface area contributed by atoms with Gasteiger partial charge in [0.1, 0.15) is 4.47 Å². The van der Waals surface area contributed by atoms with Crippen LogP contribution in [-0.4, -0.2) is 39.7 Å². The number of benzene rings is 2. The Morgan fingerprint density at radius 3 is 2.22 bits per heavy atom. The molecule has 0 bridgehead atoms. The molecule has 0 spiro atoms. The number of nitrogens with zero attached hydrogens (tertiary/aromatic N) is 3. The molecule has 0 saturated carbocycles. The van der Waals surface area contributed by atoms with Crippen molar-refractivity contribution < 1.29 is 4.79 Å². The molecule has 7 heteroatoms. The third-order valence-electron chi connectivity index (χ3n) is 6.26. The summed E-state index contributed by atoms with van der Waals surface area (Å²) >= 11 is 3.52. The molecule has 1 aliphatic heterocycles. The van der Waals surface area contributed by atoms with Crippen LogP contribution in [0, 0.1) is 0 Å². The number of likely N-dealkylation sites (tertiary alicyclic amines) is 1. The van der Waals surface area contributed by atoms with Crippen LogP contribution in [0.15, 0.2) is 69.9 Å². The van der Waals surface area contributed by atoms with Crippen molar-refractivity contribution in [3.05, 3.63) is 86.7 Å². The molecule has 0 radical (unpaired) electrons. The molecule has 1 N–H and O–H groups in total. The fraction of sp³-hybridized carbons (Fsp3) is 0.360. The number of nitrogens with one attached hydrogen (secondary N) is 1. The maximum Gasteiger partial charge on any atom is 0.278 e. The summed E-state index contributed by atoms with van der Waals surface area (Å²) in [7, 11) is 1.88. The van der Waals surface area contributed by atoms with Crippen LogP contribution in [0.25, 0.3) is 0 Å². The van der Waals surface area contributed by atoms with Gasteiger partial charge in [0.2, 0.25) is 5.91 Å². The van der Waals surface area contributed by atoms with E-state index in [1.165, 1.54) is 0 Å². The van der Waals surface area contributed by atoms with E-state index in [9.17, 15) is 9.59 Å². The van der Waals surface area contributed by atoms with Crippen LogP contribution in [0.5, 0.6) is 0 Å². The lowest BCUT2D eigenvalue weighted by molar-refractivity contribution is -0.119. The Morgan fingerprint density at radius 1 is 1.09 bits per heavy atom. The molecule has 1 fully saturated rings. The molecule has 0 aliphatic carbocycles. The van der Waals surface area contributed by atoms with E-state index in [4.69, 9.17) is 0 Å². The van der Waals surface area contributed by atoms with Crippen molar-refractivity contribution in [2.75, 3.05) is 18.0 Å². The van der Waals surface area contributed by atoms with Crippen molar-refractivity contribution in [1.82, 2.24) is 14.7 Å². The second-order valence-electron chi connectivity index (χ2n) is 8.23. The number of para-hydroxylation sites is 1. The summed E-state index contributed by atoms with van der Waals surface area (Å²) < 4.78 is 2.38. The maximum absolute atomic E-state index is 12.8. The predicted octanol–water partition coefficient (Wildman–Crippen LogP) is 4.47. The monoisotopic (exact) mass is 496 g/mol. The average molecular weight is 497 g/mol. The fourth-order valence-corrected chi connectivity index (χ4v) is 5.30. The standard InChI is InChI=1S/C25H29BrN4O2/c1-3-21(31)30(19-12-8-5-9-13-19)20-14-16-29(17-15-20)23(18-10-6-4-7-11-18)24-22(26)25(32)27-28(24)2/h4-13,20,23H,3,14-17H2,1-2H3,(H,27,32). The van der Waals surface area contributed by atoms with Crippen molar-refractivity contribution >= 4 is 27.5 Å². The summed E-state index contributed by atoms with van der Waals surface area (Å²) in [6.07, 6.45) is 2.24. The minimum absolute atomic E-state index is 0.0532. The summed E-state index contributed by atoms with van der Waals surface area (Å²) in [6, 6.07) is 20.4. The number of H-pyrrole nitrogens is 1. The van der Waals surface area contributed by atoms with Gasteiger partial charge in [-0.25, -0.2) is 0 Å². The number of carbonyl (C=O) groups is 1. The van der Waals surface area contributed by atoms with Gasteiger partial charge in [0.25, 0.3) is 5.56 Å². The zero-order valence-corrected chi connectivity index (χ0v) is 20.1. The Balaban J connectivity index is 1.61. The van der Waals surface area contributed by atoms with Crippen molar-refractivity contribution in [1.29, 1.82) is 0 Å². The van der Waals surface area contributed by atoms with E-state index < -0.39 is 0 Å². The van der Waals surface area contributed by atoms with E-state index in [-0.39, 0.29) is 23.6 Å². The molecule has 32 heavy (non-hydrogen) atoms. The van der Waals surface area contributed by atoms with Crippen molar-refractivity contribution in [2.24, 2.45) is 7.05 Å². The molecule has 2 heterocycles. The third kappa shape index (κ3) is 4.45. The number of aromatic nitrogens is 2. The number of anilines is 1. The zero-order valence-electron chi connectivity index (χ0n) is 18.5. The first-order chi connectivity index (χ1) is 15.5. The number of carbonyl (C=O) groups excluding carboxylic acids is 1. The van der Waals surface area contributed by atoms with Gasteiger partial charge in [-0.05, 0) is 46.5 Å². The molecular formula is C25H29BrN4O2. The molecule has 1 saturated heterocycles. The van der Waals surface area contributed by atoms with Gasteiger partial charge in [0.05, 0.1) is 11.7 Å². The van der Waals surface area contributed by atoms with E-state index in [0.717, 1.165) is 42.9 Å². The van der Waals surface area contributed by atoms with Crippen molar-refractivity contribution in [3.8, 4) is 0 Å². The number of aryl methyl sites for hydroxylation is 1. The number of amides is 1. The second-order valence-corrected chi connectivity index (χ2v) is 9.03. The van der Waals surface area contributed by atoms with Crippen LogP contribution in [0.2, 0.25) is 0 Å². The molecule has 4 rings (SSSR count). The Hall–Kier alpha value is -2.64. The SMILES string of the molecule is CCC(=O)N(c1ccccc1)C1CCN(C(c2ccccc2)c2c(Br)c(=O)[nH]n2C)CC1. The van der Waals surface area contributed by atoms with Gasteiger partial charge in [-0.15, -0.1) is 0 Å². The number of hydrogen-bond acceptors (Lipinski definition) is 3. The quantitative estimate of drug-likeness (QED) is 0.547. The zero-order chi connectivity index (χ0) is 22.7. The summed E-state index contributed by atoms with van der Waals surface area (Å²) in [5, 5.41) is 2.87. The van der Waals surface area contributed by atoms with Gasteiger partial charge in [-0.1, -0.05) is 55.5 Å². The number of halogens is 1. The maximum atomic E-state index is 12.8. The second kappa shape index (κ2) is 9.88. The van der Waals surface area contributed by atoms with Gasteiger partial charge in [0.15, 0.2) is 0 Å². The van der Waals surface area contributed by atoms with Gasteiger partial charge in [0, 0.05) is 38.3 Å². The largest absolute Gasteiger partial charge is 0.309 e. The minimum atomic E-state index is -0.123. The molecule has 1 aliphatic rings. The van der Waals surface area contributed by atoms with Crippen LogP contribution >= 0.6 is 15.9 Å². The highest BCUT2D eigenvalue weighted by Crippen LogP contribution is 2.35. The highest BCUT2D eigenvalue weighted by Gasteiger charge is 2.34. The highest BCUT2D eigenvalue weighted by atomic mass is 79.9. The number of piperidine rings is 1. The molecule has 1 unspecified atom stereocenters. The van der Waals surface area contributed by atoms with Crippen LogP contribution in [-0.2, 0) is 11.8 Å². The molecule has 1 aromatic heterocycles. The lowest BCUT2D eigenvalue weighted by Crippen LogP contribution is -2.48. The smallest absolute Gasteiger partial charge is 0.278 e. The van der Waals surface area contributed by atoms with E-state index in [2.05, 4.69) is 38.1 Å². The Labute approximate surface area is 197 Å². The molecule has 1 atom stereocenters. The molecule has 1 amide bonds. The van der Waals surface area contributed by atoms with Crippen LogP contribution in [0.3, 0.4) is 0 Å². The summed E-state index contributed by atoms with van der Waals surface area (Å²) in [6.45, 7) is 3.58. The first-order valence-corrected chi connectivity index (χ1v) is 11.9. The third-order valence-corrected chi connectivity index (χ3v) is 7.03. The van der Waals surface area contributed by atoms with Crippen LogP contribution in [0.4, 0.5) is 5.69 Å². The fourth-order valence-electron chi connectivity index (χ4n) is 4.73. The Bertz CT molecular complexity index is 1100. The van der Waals surface area contributed by atoms with Crippen LogP contribution in [0.1, 0.15) is 43.5 Å². The van der Waals surface area contributed by atoms with E-state index in [1.807, 2.05) is 72.1 Å². The lowest BCUT2D eigenvalue weighted by atomic mass is 9.95. The van der Waals surface area contributed by atoms with Crippen molar-refractivity contribution in [3.63, 3.8) is 0 Å². The number of rotatable bonds is 6. The Kier molecular flexibility index (Phi) is 6.96. The minimum Gasteiger partial charge on any atom is -0.309 e. The first-order valence-electron chi connectivity index (χ1n) is 11.1. The topological polar surface area (TPSA) is 61.3 Å². The van der Waals surface area contributed by atoms with Gasteiger partial charge < -0.3 is 4.90 Å². The van der Waals surface area contributed by atoms with Crippen molar-refractivity contribution in [2.45, 2.75) is 38.3 Å². The first kappa shape index (κ1) is 22.6.